The Morgan fingerprint density at radius 2 is 0.976 bits per heavy atom. The summed E-state index contributed by atoms with van der Waals surface area (Å²) in [5.74, 6) is -1.67. The second-order valence-corrected chi connectivity index (χ2v) is 21.6. The van der Waals surface area contributed by atoms with Crippen LogP contribution < -0.4 is 33.5 Å². The lowest BCUT2D eigenvalue weighted by atomic mass is 9.82. The molecule has 2 aliphatic carbocycles. The van der Waals surface area contributed by atoms with Crippen LogP contribution >= 0.6 is 11.3 Å². The van der Waals surface area contributed by atoms with Gasteiger partial charge in [-0.2, -0.15) is 10.2 Å². The largest absolute Gasteiger partial charge is 0.494 e. The number of nitrogens with zero attached hydrogens (tertiary/aromatic N) is 4. The molecule has 2 saturated carbocycles. The number of hydrogen-bond donors (Lipinski definition) is 0. The van der Waals surface area contributed by atoms with Crippen LogP contribution in [0.1, 0.15) is 134 Å². The van der Waals surface area contributed by atoms with Crippen LogP contribution in [0.25, 0.3) is 10.2 Å². The van der Waals surface area contributed by atoms with Crippen molar-refractivity contribution in [3.8, 4) is 34.5 Å². The van der Waals surface area contributed by atoms with E-state index in [1.807, 2.05) is 24.3 Å². The van der Waals surface area contributed by atoms with Crippen LogP contribution in [-0.2, 0) is 38.2 Å². The highest BCUT2D eigenvalue weighted by Crippen LogP contribution is 2.36. The van der Waals surface area contributed by atoms with Crippen molar-refractivity contribution in [3.63, 3.8) is 0 Å². The third-order valence-electron chi connectivity index (χ3n) is 14.4. The van der Waals surface area contributed by atoms with Gasteiger partial charge in [-0.25, -0.2) is 14.6 Å². The van der Waals surface area contributed by atoms with E-state index < -0.39 is 41.6 Å². The van der Waals surface area contributed by atoms with Gasteiger partial charge in [-0.3, -0.25) is 19.2 Å². The maximum Gasteiger partial charge on any atom is 0.330 e. The molecule has 0 aliphatic heterocycles. The first-order valence-corrected chi connectivity index (χ1v) is 30.1. The number of carbonyl (C=O) groups is 6. The Labute approximate surface area is 495 Å². The maximum atomic E-state index is 13.9. The lowest BCUT2D eigenvalue weighted by Crippen LogP contribution is -2.30. The summed E-state index contributed by atoms with van der Waals surface area (Å²) >= 11 is 1.42. The molecule has 84 heavy (non-hydrogen) atoms. The highest BCUT2D eigenvalue weighted by Gasteiger charge is 2.34. The molecule has 446 valence electrons. The Kier molecular flexibility index (Phi) is 26.0. The van der Waals surface area contributed by atoms with Crippen LogP contribution in [0.2, 0.25) is 0 Å². The second kappa shape index (κ2) is 34.4. The predicted octanol–water partition coefficient (Wildman–Crippen LogP) is 13.3. The van der Waals surface area contributed by atoms with Crippen molar-refractivity contribution in [1.82, 2.24) is 4.98 Å². The number of ether oxygens (including phenoxy) is 8. The Balaban J connectivity index is 0.914. The van der Waals surface area contributed by atoms with E-state index in [1.165, 1.54) is 22.7 Å². The first kappa shape index (κ1) is 63.4. The summed E-state index contributed by atoms with van der Waals surface area (Å²) in [5.41, 5.74) is 1.14. The van der Waals surface area contributed by atoms with E-state index >= 15 is 0 Å². The van der Waals surface area contributed by atoms with Crippen molar-refractivity contribution in [2.24, 2.45) is 33.9 Å². The Hall–Kier alpha value is -8.19. The van der Waals surface area contributed by atoms with Gasteiger partial charge in [-0.15, -0.1) is 5.12 Å². The summed E-state index contributed by atoms with van der Waals surface area (Å²) in [4.78, 5) is 81.3. The first-order valence-electron chi connectivity index (χ1n) is 29.3. The molecule has 7 rings (SSSR count). The van der Waals surface area contributed by atoms with Gasteiger partial charge in [0.05, 0.1) is 66.5 Å². The molecule has 0 saturated heterocycles. The Morgan fingerprint density at radius 1 is 0.536 bits per heavy atom. The van der Waals surface area contributed by atoms with Crippen molar-refractivity contribution in [3.05, 3.63) is 122 Å². The number of rotatable bonds is 33. The molecule has 4 aromatic carbocycles. The van der Waals surface area contributed by atoms with Crippen LogP contribution in [-0.4, -0.2) is 79.7 Å². The van der Waals surface area contributed by atoms with Gasteiger partial charge in [0, 0.05) is 23.9 Å². The first-order chi connectivity index (χ1) is 41.0. The highest BCUT2D eigenvalue weighted by atomic mass is 32.1. The maximum absolute atomic E-state index is 13.9. The van der Waals surface area contributed by atoms with Crippen molar-refractivity contribution in [2.75, 3.05) is 31.5 Å². The number of anilines is 1. The standard InChI is InChI=1S/C65H76N4O14S/c1-4-7-14-39-66-69(65-68-56-19-12-13-20-58(56)84-65)67-45-50-44-55(82-63(74)48-23-21-46(22-24-48)61(72)80-53-33-29-51(30-34-53)76-40-15-8-10-17-42-78-59(70)5-2)37-38-57(50)83-64(75)49-27-25-47(26-28-49)62(73)81-54-35-31-52(32-36-54)77-41-16-9-11-18-43-79-60(71)6-3/h5-6,12-13,19-20,29-39,44-49H,2-4,7-11,14-18,21-28,40-43H2,1H3/b66-39+,67-45+/t46-,47-,48-,49-. The molecule has 0 amide bonds. The van der Waals surface area contributed by atoms with Gasteiger partial charge in [-0.1, -0.05) is 50.0 Å². The second-order valence-electron chi connectivity index (χ2n) is 20.6. The van der Waals surface area contributed by atoms with Gasteiger partial charge < -0.3 is 37.9 Å². The average molecular weight is 1170 g/mol. The lowest BCUT2D eigenvalue weighted by molar-refractivity contribution is -0.145. The van der Waals surface area contributed by atoms with Crippen LogP contribution in [0.5, 0.6) is 34.5 Å². The van der Waals surface area contributed by atoms with E-state index in [9.17, 15) is 28.8 Å². The molecule has 19 heteroatoms. The third kappa shape index (κ3) is 20.9. The minimum Gasteiger partial charge on any atom is -0.494 e. The molecule has 0 unspecified atom stereocenters. The van der Waals surface area contributed by atoms with E-state index in [-0.39, 0.29) is 29.4 Å². The molecular weight excluding hydrogens is 1090 g/mol. The number of benzene rings is 4. The summed E-state index contributed by atoms with van der Waals surface area (Å²) in [7, 11) is 0. The molecule has 0 N–H and O–H groups in total. The minimum absolute atomic E-state index is 0.190. The average Bonchev–Trinajstić information content (AvgIpc) is 4.13. The summed E-state index contributed by atoms with van der Waals surface area (Å²) in [6.07, 6.45) is 18.6. The van der Waals surface area contributed by atoms with Crippen molar-refractivity contribution < 1.29 is 66.7 Å². The van der Waals surface area contributed by atoms with E-state index in [0.717, 1.165) is 93.0 Å². The zero-order chi connectivity index (χ0) is 59.3. The minimum atomic E-state index is -0.487. The van der Waals surface area contributed by atoms with E-state index in [1.54, 1.807) is 72.9 Å². The van der Waals surface area contributed by atoms with Gasteiger partial charge in [0.25, 0.3) is 0 Å². The highest BCUT2D eigenvalue weighted by molar-refractivity contribution is 7.22. The summed E-state index contributed by atoms with van der Waals surface area (Å²) < 4.78 is 46.2. The number of para-hydroxylation sites is 1. The Bertz CT molecular complexity index is 2980. The molecule has 0 bridgehead atoms. The fourth-order valence-corrected chi connectivity index (χ4v) is 10.4. The van der Waals surface area contributed by atoms with Gasteiger partial charge in [0.1, 0.15) is 34.5 Å². The molecule has 0 atom stereocenters. The molecule has 18 nitrogen and oxygen atoms in total. The topological polar surface area (TPSA) is 217 Å². The number of hydrogen-bond acceptors (Lipinski definition) is 19. The summed E-state index contributed by atoms with van der Waals surface area (Å²) in [6.45, 7) is 10.7. The molecule has 0 radical (unpaired) electrons. The lowest BCUT2D eigenvalue weighted by Gasteiger charge is -2.26. The fourth-order valence-electron chi connectivity index (χ4n) is 9.49. The van der Waals surface area contributed by atoms with Crippen molar-refractivity contribution >= 4 is 74.9 Å². The molecule has 0 spiro atoms. The number of esters is 6. The third-order valence-corrected chi connectivity index (χ3v) is 15.4. The van der Waals surface area contributed by atoms with Gasteiger partial charge in [-0.05, 0) is 194 Å². The van der Waals surface area contributed by atoms with Crippen LogP contribution in [0, 0.1) is 23.7 Å². The zero-order valence-corrected chi connectivity index (χ0v) is 48.7. The monoisotopic (exact) mass is 1170 g/mol. The SMILES string of the molecule is C=CC(=O)OCCCCCCOc1ccc(OC(=O)[C@H]2CC[C@H](C(=O)Oc3ccc(OC(=O)[C@H]4CC[C@H](C(=O)Oc5ccc(OCCCCCCOC(=O)C=C)cc5)CC4)c(/C=N/N(/N=C/CCCC)c4nc5ccccc5s4)c3)CC2)cc1. The number of carbonyl (C=O) groups excluding carboxylic acids is 6. The van der Waals surface area contributed by atoms with E-state index in [2.05, 4.69) is 25.2 Å². The predicted molar refractivity (Wildman–Crippen MR) is 321 cm³/mol. The number of aromatic nitrogens is 1. The molecule has 2 fully saturated rings. The summed E-state index contributed by atoms with van der Waals surface area (Å²) in [5, 5.41) is 11.3. The summed E-state index contributed by atoms with van der Waals surface area (Å²) in [6, 6.07) is 26.3. The van der Waals surface area contributed by atoms with Crippen LogP contribution in [0.15, 0.2) is 127 Å². The van der Waals surface area contributed by atoms with Crippen LogP contribution in [0.3, 0.4) is 0 Å². The fraction of sp³-hybridized carbons (Fsp3) is 0.431. The quantitative estimate of drug-likeness (QED) is 0.00952. The van der Waals surface area contributed by atoms with Gasteiger partial charge in [0.15, 0.2) is 0 Å². The number of fused-ring (bicyclic) bond motifs is 1. The van der Waals surface area contributed by atoms with Gasteiger partial charge >= 0.3 is 35.8 Å². The molecule has 2 aliphatic rings. The molecule has 1 aromatic heterocycles. The van der Waals surface area contributed by atoms with Crippen molar-refractivity contribution in [2.45, 2.75) is 129 Å². The zero-order valence-electron chi connectivity index (χ0n) is 47.9. The van der Waals surface area contributed by atoms with E-state index in [0.29, 0.717) is 111 Å². The van der Waals surface area contributed by atoms with Gasteiger partial charge in [0.2, 0.25) is 5.13 Å². The number of thiazole rings is 1. The normalized spacial score (nSPS) is 16.8. The molecule has 1 heterocycles. The smallest absolute Gasteiger partial charge is 0.330 e. The molecule has 5 aromatic rings. The van der Waals surface area contributed by atoms with E-state index in [4.69, 9.17) is 48.0 Å². The van der Waals surface area contributed by atoms with Crippen molar-refractivity contribution in [1.29, 1.82) is 0 Å². The number of unbranched alkanes of at least 4 members (excludes halogenated alkanes) is 8. The Morgan fingerprint density at radius 3 is 1.45 bits per heavy atom. The number of hydrazone groups is 2. The molecular formula is C65H76N4O14S. The van der Waals surface area contributed by atoms with Crippen LogP contribution in [0.4, 0.5) is 5.13 Å².